The smallest absolute Gasteiger partial charge is 0.186 e. The number of hydrogen-bond acceptors (Lipinski definition) is 5. The van der Waals surface area contributed by atoms with Gasteiger partial charge in [-0.3, -0.25) is 0 Å². The fourth-order valence-corrected chi connectivity index (χ4v) is 6.27. The number of likely N-dealkylation sites (N-methyl/N-ethyl adjacent to an activating group) is 1. The molecule has 1 aromatic rings. The number of guanidine groups is 1. The molecule has 0 aromatic heterocycles. The lowest BCUT2D eigenvalue weighted by atomic mass is 9.51. The molecule has 5 atom stereocenters. The maximum atomic E-state index is 10.6. The SMILES string of the molecule is COc1cc(O)c2c3c1C[C@@H]1[C@@H]4CC[C@H](N=C(N)N)[C@H](O2)[C@]34CCN1C.Cl.Cl. The summed E-state index contributed by atoms with van der Waals surface area (Å²) in [7, 11) is 3.88. The number of aromatic hydroxyl groups is 1. The van der Waals surface area contributed by atoms with Crippen molar-refractivity contribution in [3.05, 3.63) is 17.2 Å². The first-order chi connectivity index (χ1) is 12.5. The molecule has 2 aliphatic heterocycles. The molecule has 5 N–H and O–H groups in total. The molecule has 1 aromatic carbocycles. The summed E-state index contributed by atoms with van der Waals surface area (Å²) in [5.41, 5.74) is 13.6. The lowest BCUT2D eigenvalue weighted by molar-refractivity contribution is -0.0509. The Labute approximate surface area is 177 Å². The summed E-state index contributed by atoms with van der Waals surface area (Å²) in [6, 6.07) is 2.06. The van der Waals surface area contributed by atoms with Crippen LogP contribution in [-0.2, 0) is 11.8 Å². The molecule has 28 heavy (non-hydrogen) atoms. The van der Waals surface area contributed by atoms with Crippen molar-refractivity contribution in [3.63, 3.8) is 0 Å². The van der Waals surface area contributed by atoms with E-state index in [0.29, 0.717) is 17.7 Å². The number of nitrogens with two attached hydrogens (primary N) is 2. The van der Waals surface area contributed by atoms with Gasteiger partial charge in [-0.25, -0.2) is 4.99 Å². The van der Waals surface area contributed by atoms with Crippen LogP contribution in [-0.4, -0.2) is 54.9 Å². The second-order valence-electron chi connectivity index (χ2n) is 8.17. The average molecular weight is 431 g/mol. The molecule has 0 amide bonds. The molecule has 7 nitrogen and oxygen atoms in total. The quantitative estimate of drug-likeness (QED) is 0.485. The first kappa shape index (κ1) is 21.1. The van der Waals surface area contributed by atoms with Crippen LogP contribution in [0.5, 0.6) is 17.2 Å². The minimum atomic E-state index is -0.145. The number of hydrogen-bond donors (Lipinski definition) is 3. The Hall–Kier alpha value is -1.57. The van der Waals surface area contributed by atoms with Crippen molar-refractivity contribution in [2.24, 2.45) is 22.4 Å². The zero-order chi connectivity index (χ0) is 18.2. The third-order valence-corrected chi connectivity index (χ3v) is 7.19. The highest BCUT2D eigenvalue weighted by Gasteiger charge is 2.66. The summed E-state index contributed by atoms with van der Waals surface area (Å²) in [5, 5.41) is 10.6. The highest BCUT2D eigenvalue weighted by Crippen LogP contribution is 2.65. The van der Waals surface area contributed by atoms with Crippen LogP contribution in [0.15, 0.2) is 11.1 Å². The van der Waals surface area contributed by atoms with Gasteiger partial charge in [-0.15, -0.1) is 24.8 Å². The number of piperidine rings is 1. The molecule has 0 unspecified atom stereocenters. The summed E-state index contributed by atoms with van der Waals surface area (Å²) < 4.78 is 12.0. The Morgan fingerprint density at radius 3 is 2.79 bits per heavy atom. The van der Waals surface area contributed by atoms with E-state index in [4.69, 9.17) is 20.9 Å². The minimum Gasteiger partial charge on any atom is -0.504 e. The van der Waals surface area contributed by atoms with E-state index in [1.54, 1.807) is 13.2 Å². The number of aliphatic imine (C=N–C) groups is 1. The van der Waals surface area contributed by atoms with Crippen LogP contribution >= 0.6 is 24.8 Å². The highest BCUT2D eigenvalue weighted by molar-refractivity contribution is 5.85. The molecule has 2 heterocycles. The second kappa shape index (κ2) is 7.04. The lowest BCUT2D eigenvalue weighted by Crippen LogP contribution is -2.66. The predicted molar refractivity (Wildman–Crippen MR) is 112 cm³/mol. The average Bonchev–Trinajstić information content (AvgIpc) is 2.95. The van der Waals surface area contributed by atoms with Crippen LogP contribution in [0.25, 0.3) is 0 Å². The van der Waals surface area contributed by atoms with E-state index in [2.05, 4.69) is 16.9 Å². The minimum absolute atomic E-state index is 0. The van der Waals surface area contributed by atoms with Gasteiger partial charge < -0.3 is 30.9 Å². The number of methoxy groups -OCH3 is 1. The molecule has 156 valence electrons. The number of rotatable bonds is 2. The zero-order valence-electron chi connectivity index (χ0n) is 16.1. The van der Waals surface area contributed by atoms with Crippen molar-refractivity contribution >= 4 is 30.8 Å². The van der Waals surface area contributed by atoms with Gasteiger partial charge in [0.1, 0.15) is 11.9 Å². The molecule has 0 radical (unpaired) electrons. The molecule has 1 spiro atoms. The van der Waals surface area contributed by atoms with Gasteiger partial charge in [0.15, 0.2) is 17.5 Å². The second-order valence-corrected chi connectivity index (χ2v) is 8.17. The van der Waals surface area contributed by atoms with Crippen molar-refractivity contribution in [3.8, 4) is 17.2 Å². The largest absolute Gasteiger partial charge is 0.504 e. The summed E-state index contributed by atoms with van der Waals surface area (Å²) in [6.45, 7) is 1.01. The Bertz CT molecular complexity index is 817. The fourth-order valence-electron chi connectivity index (χ4n) is 6.27. The number of ether oxygens (including phenoxy) is 2. The van der Waals surface area contributed by atoms with E-state index in [1.165, 1.54) is 5.56 Å². The third-order valence-electron chi connectivity index (χ3n) is 7.19. The molecule has 4 aliphatic rings. The van der Waals surface area contributed by atoms with E-state index in [1.807, 2.05) is 0 Å². The Morgan fingerprint density at radius 2 is 2.11 bits per heavy atom. The Kier molecular flexibility index (Phi) is 5.32. The van der Waals surface area contributed by atoms with Gasteiger partial charge in [-0.05, 0) is 45.2 Å². The van der Waals surface area contributed by atoms with Gasteiger partial charge in [0, 0.05) is 28.7 Å². The van der Waals surface area contributed by atoms with Crippen LogP contribution < -0.4 is 20.9 Å². The Morgan fingerprint density at radius 1 is 1.36 bits per heavy atom. The molecule has 5 rings (SSSR count). The van der Waals surface area contributed by atoms with E-state index >= 15 is 0 Å². The fraction of sp³-hybridized carbons (Fsp3) is 0.632. The number of phenolic OH excluding ortho intramolecular Hbond substituents is 1. The van der Waals surface area contributed by atoms with Gasteiger partial charge in [-0.1, -0.05) is 0 Å². The highest BCUT2D eigenvalue weighted by atomic mass is 35.5. The normalized spacial score (nSPS) is 34.2. The first-order valence-electron chi connectivity index (χ1n) is 9.36. The number of nitrogens with zero attached hydrogens (tertiary/aromatic N) is 2. The third kappa shape index (κ3) is 2.49. The van der Waals surface area contributed by atoms with Gasteiger partial charge in [0.05, 0.1) is 13.2 Å². The van der Waals surface area contributed by atoms with Crippen LogP contribution in [0.4, 0.5) is 0 Å². The summed E-state index contributed by atoms with van der Waals surface area (Å²) in [6.07, 6.45) is 3.75. The van der Waals surface area contributed by atoms with Crippen molar-refractivity contribution in [2.75, 3.05) is 20.7 Å². The standard InChI is InChI=1S/C19H26N4O3.2ClH/c1-23-6-5-19-10-3-4-11(22-18(20)21)17(19)26-16-13(24)8-14(25-2)9(15(16)19)7-12(10)23;;/h8,10-12,17,24H,3-7H2,1-2H3,(H4,20,21,22);2*1H/t10-,11-,12+,17-,19-;;/m0../s1. The molecule has 2 aliphatic carbocycles. The van der Waals surface area contributed by atoms with Crippen LogP contribution in [0.3, 0.4) is 0 Å². The van der Waals surface area contributed by atoms with Gasteiger partial charge in [0.2, 0.25) is 0 Å². The van der Waals surface area contributed by atoms with E-state index in [-0.39, 0.29) is 54.1 Å². The topological polar surface area (TPSA) is 106 Å². The van der Waals surface area contributed by atoms with Crippen molar-refractivity contribution in [1.82, 2.24) is 4.90 Å². The lowest BCUT2D eigenvalue weighted by Gasteiger charge is -2.58. The molecule has 9 heteroatoms. The summed E-state index contributed by atoms with van der Waals surface area (Å²) in [5.74, 6) is 2.12. The van der Waals surface area contributed by atoms with Crippen molar-refractivity contribution < 1.29 is 14.6 Å². The van der Waals surface area contributed by atoms with Crippen LogP contribution in [0.1, 0.15) is 30.4 Å². The number of halogens is 2. The molecule has 1 saturated heterocycles. The first-order valence-corrected chi connectivity index (χ1v) is 9.36. The zero-order valence-corrected chi connectivity index (χ0v) is 17.7. The maximum Gasteiger partial charge on any atom is 0.186 e. The van der Waals surface area contributed by atoms with Gasteiger partial charge in [0.25, 0.3) is 0 Å². The molecular weight excluding hydrogens is 403 g/mol. The maximum absolute atomic E-state index is 10.6. The van der Waals surface area contributed by atoms with E-state index < -0.39 is 0 Å². The molecule has 1 saturated carbocycles. The van der Waals surface area contributed by atoms with Gasteiger partial charge in [-0.2, -0.15) is 0 Å². The molecular formula is C19H28Cl2N4O3. The van der Waals surface area contributed by atoms with Gasteiger partial charge >= 0.3 is 0 Å². The molecule has 2 bridgehead atoms. The van der Waals surface area contributed by atoms with Crippen LogP contribution in [0, 0.1) is 5.92 Å². The predicted octanol–water partition coefficient (Wildman–Crippen LogP) is 1.56. The number of phenols is 1. The van der Waals surface area contributed by atoms with E-state index in [9.17, 15) is 5.11 Å². The molecule has 2 fully saturated rings. The summed E-state index contributed by atoms with van der Waals surface area (Å²) in [4.78, 5) is 6.98. The van der Waals surface area contributed by atoms with E-state index in [0.717, 1.165) is 43.5 Å². The van der Waals surface area contributed by atoms with Crippen molar-refractivity contribution in [2.45, 2.75) is 49.3 Å². The Balaban J connectivity index is 0.00000112. The number of benzene rings is 1. The van der Waals surface area contributed by atoms with Crippen molar-refractivity contribution in [1.29, 1.82) is 0 Å². The monoisotopic (exact) mass is 430 g/mol. The summed E-state index contributed by atoms with van der Waals surface area (Å²) >= 11 is 0. The van der Waals surface area contributed by atoms with Crippen LogP contribution in [0.2, 0.25) is 0 Å². The number of likely N-dealkylation sites (tertiary alicyclic amines) is 1.